The second-order valence-corrected chi connectivity index (χ2v) is 4.09. The SMILES string of the molecule is CCN(CC)C(=O)c1ccc2c(c1)oc(=O)n2C. The Balaban J connectivity index is 2.47. The molecule has 0 radical (unpaired) electrons. The van der Waals surface area contributed by atoms with Gasteiger partial charge in [-0.05, 0) is 32.0 Å². The molecule has 0 aliphatic carbocycles. The first-order valence-corrected chi connectivity index (χ1v) is 5.97. The van der Waals surface area contributed by atoms with Crippen LogP contribution in [-0.4, -0.2) is 28.5 Å². The summed E-state index contributed by atoms with van der Waals surface area (Å²) in [7, 11) is 1.64. The summed E-state index contributed by atoms with van der Waals surface area (Å²) in [5.41, 5.74) is 1.68. The van der Waals surface area contributed by atoms with Crippen LogP contribution in [0.2, 0.25) is 0 Å². The number of hydrogen-bond donors (Lipinski definition) is 0. The lowest BCUT2D eigenvalue weighted by Crippen LogP contribution is -2.30. The minimum absolute atomic E-state index is 0.0478. The quantitative estimate of drug-likeness (QED) is 0.829. The van der Waals surface area contributed by atoms with Gasteiger partial charge in [-0.25, -0.2) is 4.79 Å². The fraction of sp³-hybridized carbons (Fsp3) is 0.385. The summed E-state index contributed by atoms with van der Waals surface area (Å²) in [5, 5.41) is 0. The van der Waals surface area contributed by atoms with Gasteiger partial charge in [-0.1, -0.05) is 0 Å². The van der Waals surface area contributed by atoms with Crippen LogP contribution in [0.15, 0.2) is 27.4 Å². The Morgan fingerprint density at radius 3 is 2.61 bits per heavy atom. The van der Waals surface area contributed by atoms with Crippen LogP contribution in [0.25, 0.3) is 11.1 Å². The van der Waals surface area contributed by atoms with Crippen LogP contribution in [0, 0.1) is 0 Å². The van der Waals surface area contributed by atoms with Gasteiger partial charge in [-0.3, -0.25) is 9.36 Å². The van der Waals surface area contributed by atoms with Gasteiger partial charge < -0.3 is 9.32 Å². The lowest BCUT2D eigenvalue weighted by Gasteiger charge is -2.18. The molecule has 0 saturated carbocycles. The molecule has 96 valence electrons. The Morgan fingerprint density at radius 2 is 2.00 bits per heavy atom. The fourth-order valence-corrected chi connectivity index (χ4v) is 1.96. The second-order valence-electron chi connectivity index (χ2n) is 4.09. The molecule has 0 aliphatic heterocycles. The van der Waals surface area contributed by atoms with Gasteiger partial charge >= 0.3 is 5.76 Å². The summed E-state index contributed by atoms with van der Waals surface area (Å²) in [6.45, 7) is 5.18. The molecule has 2 aromatic rings. The van der Waals surface area contributed by atoms with E-state index in [1.807, 2.05) is 13.8 Å². The molecule has 5 nitrogen and oxygen atoms in total. The van der Waals surface area contributed by atoms with Gasteiger partial charge in [0.25, 0.3) is 5.91 Å². The number of hydrogen-bond acceptors (Lipinski definition) is 3. The van der Waals surface area contributed by atoms with E-state index in [9.17, 15) is 9.59 Å². The van der Waals surface area contributed by atoms with Gasteiger partial charge in [0.15, 0.2) is 5.58 Å². The van der Waals surface area contributed by atoms with Crippen molar-refractivity contribution in [3.63, 3.8) is 0 Å². The van der Waals surface area contributed by atoms with E-state index in [-0.39, 0.29) is 5.91 Å². The molecule has 0 N–H and O–H groups in total. The van der Waals surface area contributed by atoms with Gasteiger partial charge in [0.1, 0.15) is 0 Å². The highest BCUT2D eigenvalue weighted by Gasteiger charge is 2.14. The number of carbonyl (C=O) groups excluding carboxylic acids is 1. The molecule has 1 aromatic heterocycles. The van der Waals surface area contributed by atoms with Crippen LogP contribution in [-0.2, 0) is 7.05 Å². The van der Waals surface area contributed by atoms with Crippen LogP contribution in [0.1, 0.15) is 24.2 Å². The standard InChI is InChI=1S/C13H16N2O3/c1-4-15(5-2)12(16)9-6-7-10-11(8-9)18-13(17)14(10)3/h6-8H,4-5H2,1-3H3. The predicted octanol–water partition coefficient (Wildman–Crippen LogP) is 1.61. The molecular formula is C13H16N2O3. The zero-order valence-corrected chi connectivity index (χ0v) is 10.8. The summed E-state index contributed by atoms with van der Waals surface area (Å²) < 4.78 is 6.49. The van der Waals surface area contributed by atoms with Crippen molar-refractivity contribution in [3.8, 4) is 0 Å². The zero-order chi connectivity index (χ0) is 13.3. The highest BCUT2D eigenvalue weighted by molar-refractivity contribution is 5.97. The normalized spacial score (nSPS) is 10.8. The molecule has 0 spiro atoms. The maximum atomic E-state index is 12.1. The Hall–Kier alpha value is -2.04. The Kier molecular flexibility index (Phi) is 3.23. The number of fused-ring (bicyclic) bond motifs is 1. The van der Waals surface area contributed by atoms with Crippen molar-refractivity contribution in [2.24, 2.45) is 7.05 Å². The number of nitrogens with zero attached hydrogens (tertiary/aromatic N) is 2. The van der Waals surface area contributed by atoms with Gasteiger partial charge in [0, 0.05) is 25.7 Å². The van der Waals surface area contributed by atoms with Gasteiger partial charge in [-0.15, -0.1) is 0 Å². The molecule has 0 bridgehead atoms. The Bertz CT molecular complexity index is 635. The number of oxazole rings is 1. The molecule has 1 heterocycles. The van der Waals surface area contributed by atoms with Crippen molar-refractivity contribution < 1.29 is 9.21 Å². The average Bonchev–Trinajstić information content (AvgIpc) is 2.66. The first-order chi connectivity index (χ1) is 8.58. The fourth-order valence-electron chi connectivity index (χ4n) is 1.96. The zero-order valence-electron chi connectivity index (χ0n) is 10.8. The minimum atomic E-state index is -0.419. The molecule has 18 heavy (non-hydrogen) atoms. The van der Waals surface area contributed by atoms with Crippen molar-refractivity contribution >= 4 is 17.0 Å². The number of benzene rings is 1. The van der Waals surface area contributed by atoms with Crippen molar-refractivity contribution in [2.75, 3.05) is 13.1 Å². The van der Waals surface area contributed by atoms with E-state index >= 15 is 0 Å². The molecule has 1 amide bonds. The van der Waals surface area contributed by atoms with Crippen LogP contribution < -0.4 is 5.76 Å². The largest absolute Gasteiger partial charge is 0.419 e. The lowest BCUT2D eigenvalue weighted by molar-refractivity contribution is 0.0773. The third-order valence-corrected chi connectivity index (χ3v) is 3.09. The summed E-state index contributed by atoms with van der Waals surface area (Å²) in [6, 6.07) is 5.08. The minimum Gasteiger partial charge on any atom is -0.408 e. The molecule has 0 unspecified atom stereocenters. The van der Waals surface area contributed by atoms with Crippen LogP contribution in [0.4, 0.5) is 0 Å². The summed E-state index contributed by atoms with van der Waals surface area (Å²) in [4.78, 5) is 25.2. The van der Waals surface area contributed by atoms with E-state index in [0.717, 1.165) is 0 Å². The summed E-state index contributed by atoms with van der Waals surface area (Å²) >= 11 is 0. The van der Waals surface area contributed by atoms with E-state index in [0.29, 0.717) is 29.8 Å². The van der Waals surface area contributed by atoms with Crippen LogP contribution >= 0.6 is 0 Å². The smallest absolute Gasteiger partial charge is 0.408 e. The highest BCUT2D eigenvalue weighted by atomic mass is 16.4. The Morgan fingerprint density at radius 1 is 1.33 bits per heavy atom. The number of carbonyl (C=O) groups is 1. The Labute approximate surface area is 105 Å². The third-order valence-electron chi connectivity index (χ3n) is 3.09. The first kappa shape index (κ1) is 12.4. The van der Waals surface area contributed by atoms with Crippen LogP contribution in [0.3, 0.4) is 0 Å². The van der Waals surface area contributed by atoms with E-state index in [4.69, 9.17) is 4.42 Å². The number of aromatic nitrogens is 1. The maximum absolute atomic E-state index is 12.1. The van der Waals surface area contributed by atoms with Gasteiger partial charge in [0.05, 0.1) is 5.52 Å². The highest BCUT2D eigenvalue weighted by Crippen LogP contribution is 2.15. The van der Waals surface area contributed by atoms with Gasteiger partial charge in [0.2, 0.25) is 0 Å². The number of amides is 1. The van der Waals surface area contributed by atoms with Crippen molar-refractivity contribution in [1.29, 1.82) is 0 Å². The monoisotopic (exact) mass is 248 g/mol. The molecule has 0 saturated heterocycles. The molecule has 1 aromatic carbocycles. The number of rotatable bonds is 3. The van der Waals surface area contributed by atoms with E-state index in [1.165, 1.54) is 4.57 Å². The third kappa shape index (κ3) is 1.92. The molecule has 0 aliphatic rings. The molecular weight excluding hydrogens is 232 g/mol. The molecule has 0 fully saturated rings. The van der Waals surface area contributed by atoms with E-state index in [2.05, 4.69) is 0 Å². The second kappa shape index (κ2) is 4.68. The first-order valence-electron chi connectivity index (χ1n) is 5.97. The predicted molar refractivity (Wildman–Crippen MR) is 68.7 cm³/mol. The maximum Gasteiger partial charge on any atom is 0.419 e. The van der Waals surface area contributed by atoms with E-state index < -0.39 is 5.76 Å². The van der Waals surface area contributed by atoms with Gasteiger partial charge in [-0.2, -0.15) is 0 Å². The molecule has 2 rings (SSSR count). The van der Waals surface area contributed by atoms with Crippen molar-refractivity contribution in [2.45, 2.75) is 13.8 Å². The number of aryl methyl sites for hydroxylation is 1. The van der Waals surface area contributed by atoms with Crippen molar-refractivity contribution in [3.05, 3.63) is 34.3 Å². The summed E-state index contributed by atoms with van der Waals surface area (Å²) in [5.74, 6) is -0.467. The van der Waals surface area contributed by atoms with Crippen molar-refractivity contribution in [1.82, 2.24) is 9.47 Å². The van der Waals surface area contributed by atoms with E-state index in [1.54, 1.807) is 30.1 Å². The average molecular weight is 248 g/mol. The molecule has 0 atom stereocenters. The lowest BCUT2D eigenvalue weighted by atomic mass is 10.2. The van der Waals surface area contributed by atoms with Crippen LogP contribution in [0.5, 0.6) is 0 Å². The summed E-state index contributed by atoms with van der Waals surface area (Å²) in [6.07, 6.45) is 0. The molecule has 5 heteroatoms. The topological polar surface area (TPSA) is 55.5 Å².